The zero-order valence-electron chi connectivity index (χ0n) is 13.4. The number of amides is 2. The summed E-state index contributed by atoms with van der Waals surface area (Å²) in [6.07, 6.45) is 0. The lowest BCUT2D eigenvalue weighted by atomic mass is 10.2. The number of fused-ring (bicyclic) bond motifs is 1. The minimum atomic E-state index is -0.389. The van der Waals surface area contributed by atoms with E-state index in [1.807, 2.05) is 18.2 Å². The topological polar surface area (TPSA) is 76.7 Å². The van der Waals surface area contributed by atoms with Crippen LogP contribution in [-0.2, 0) is 11.3 Å². The number of carbonyl (C=O) groups is 2. The number of ether oxygens (including phenoxy) is 2. The first-order valence-corrected chi connectivity index (χ1v) is 8.19. The Morgan fingerprint density at radius 1 is 1.00 bits per heavy atom. The van der Waals surface area contributed by atoms with Crippen LogP contribution in [0.2, 0.25) is 5.02 Å². The number of carbonyl (C=O) groups excluding carboxylic acids is 2. The summed E-state index contributed by atoms with van der Waals surface area (Å²) < 4.78 is 11.0. The van der Waals surface area contributed by atoms with Crippen molar-refractivity contribution in [3.63, 3.8) is 0 Å². The molecule has 1 heterocycles. The van der Waals surface area contributed by atoms with Crippen molar-refractivity contribution in [3.05, 3.63) is 58.6 Å². The van der Waals surface area contributed by atoms with E-state index < -0.39 is 0 Å². The Hall–Kier alpha value is -2.73. The van der Waals surface area contributed by atoms with Crippen molar-refractivity contribution in [3.8, 4) is 11.5 Å². The summed E-state index contributed by atoms with van der Waals surface area (Å²) in [5.74, 6) is 0.689. The van der Waals surface area contributed by atoms with Crippen molar-refractivity contribution in [1.82, 2.24) is 10.6 Å². The van der Waals surface area contributed by atoms with Gasteiger partial charge in [0.05, 0.1) is 17.1 Å². The van der Waals surface area contributed by atoms with Crippen LogP contribution in [0.3, 0.4) is 0 Å². The van der Waals surface area contributed by atoms with Gasteiger partial charge in [-0.05, 0) is 29.8 Å². The Morgan fingerprint density at radius 3 is 2.56 bits per heavy atom. The third-order valence-corrected chi connectivity index (χ3v) is 3.95. The Morgan fingerprint density at radius 2 is 1.76 bits per heavy atom. The highest BCUT2D eigenvalue weighted by atomic mass is 35.5. The third kappa shape index (κ3) is 4.42. The van der Waals surface area contributed by atoms with E-state index in [9.17, 15) is 9.59 Å². The highest BCUT2D eigenvalue weighted by Crippen LogP contribution is 2.30. The molecule has 0 aliphatic carbocycles. The molecule has 0 spiro atoms. The zero-order valence-corrected chi connectivity index (χ0v) is 14.1. The lowest BCUT2D eigenvalue weighted by Crippen LogP contribution is -2.36. The summed E-state index contributed by atoms with van der Waals surface area (Å²) in [7, 11) is 0. The van der Waals surface area contributed by atoms with Crippen LogP contribution in [0.1, 0.15) is 15.9 Å². The van der Waals surface area contributed by atoms with Crippen LogP contribution in [0.15, 0.2) is 42.5 Å². The van der Waals surface area contributed by atoms with Gasteiger partial charge in [0.2, 0.25) is 5.91 Å². The molecule has 2 amide bonds. The number of benzene rings is 2. The van der Waals surface area contributed by atoms with Gasteiger partial charge in [0.1, 0.15) is 13.2 Å². The number of nitrogens with one attached hydrogen (secondary N) is 2. The first-order valence-electron chi connectivity index (χ1n) is 7.81. The molecular weight excluding hydrogens is 344 g/mol. The molecule has 0 atom stereocenters. The van der Waals surface area contributed by atoms with Gasteiger partial charge in [-0.2, -0.15) is 0 Å². The van der Waals surface area contributed by atoms with E-state index >= 15 is 0 Å². The Labute approximate surface area is 150 Å². The molecule has 25 heavy (non-hydrogen) atoms. The molecule has 3 rings (SSSR count). The Bertz CT molecular complexity index is 794. The zero-order chi connectivity index (χ0) is 17.6. The van der Waals surface area contributed by atoms with Crippen LogP contribution < -0.4 is 20.1 Å². The fourth-order valence-electron chi connectivity index (χ4n) is 2.36. The van der Waals surface area contributed by atoms with Gasteiger partial charge in [0, 0.05) is 6.54 Å². The summed E-state index contributed by atoms with van der Waals surface area (Å²) in [4.78, 5) is 23.9. The minimum Gasteiger partial charge on any atom is -0.486 e. The molecule has 6 nitrogen and oxygen atoms in total. The molecule has 0 unspecified atom stereocenters. The lowest BCUT2D eigenvalue weighted by molar-refractivity contribution is -0.120. The van der Waals surface area contributed by atoms with Crippen LogP contribution in [0, 0.1) is 0 Å². The van der Waals surface area contributed by atoms with Crippen LogP contribution >= 0.6 is 11.6 Å². The first-order chi connectivity index (χ1) is 12.1. The average Bonchev–Trinajstić information content (AvgIpc) is 2.64. The molecule has 130 valence electrons. The molecule has 0 saturated heterocycles. The van der Waals surface area contributed by atoms with Gasteiger partial charge in [-0.25, -0.2) is 0 Å². The van der Waals surface area contributed by atoms with Gasteiger partial charge in [0.25, 0.3) is 5.91 Å². The van der Waals surface area contributed by atoms with Crippen molar-refractivity contribution in [2.75, 3.05) is 19.8 Å². The van der Waals surface area contributed by atoms with E-state index in [2.05, 4.69) is 10.6 Å². The van der Waals surface area contributed by atoms with E-state index in [-0.39, 0.29) is 18.4 Å². The van der Waals surface area contributed by atoms with Gasteiger partial charge in [-0.1, -0.05) is 29.8 Å². The number of hydrogen-bond acceptors (Lipinski definition) is 4. The fraction of sp³-hybridized carbons (Fsp3) is 0.222. The predicted octanol–water partition coefficient (Wildman–Crippen LogP) is 2.16. The smallest absolute Gasteiger partial charge is 0.253 e. The van der Waals surface area contributed by atoms with Crippen molar-refractivity contribution >= 4 is 23.4 Å². The number of rotatable bonds is 5. The maximum Gasteiger partial charge on any atom is 0.253 e. The normalized spacial score (nSPS) is 12.4. The summed E-state index contributed by atoms with van der Waals surface area (Å²) in [5, 5.41) is 5.63. The van der Waals surface area contributed by atoms with Crippen LogP contribution in [0.25, 0.3) is 0 Å². The van der Waals surface area contributed by atoms with Crippen LogP contribution in [0.5, 0.6) is 11.5 Å². The van der Waals surface area contributed by atoms with Crippen molar-refractivity contribution in [1.29, 1.82) is 0 Å². The molecule has 0 radical (unpaired) electrons. The maximum absolute atomic E-state index is 12.0. The molecule has 0 saturated carbocycles. The SMILES string of the molecule is O=C(CNC(=O)c1ccccc1Cl)NCc1ccc2c(c1)OCCO2. The Kier molecular flexibility index (Phi) is 5.40. The van der Waals surface area contributed by atoms with Crippen LogP contribution in [-0.4, -0.2) is 31.6 Å². The molecule has 0 aromatic heterocycles. The number of halogens is 1. The predicted molar refractivity (Wildman–Crippen MR) is 93.1 cm³/mol. The maximum atomic E-state index is 12.0. The second-order valence-corrected chi connectivity index (χ2v) is 5.82. The van der Waals surface area contributed by atoms with Gasteiger partial charge < -0.3 is 20.1 Å². The molecule has 1 aliphatic rings. The largest absolute Gasteiger partial charge is 0.486 e. The van der Waals surface area contributed by atoms with Crippen LogP contribution in [0.4, 0.5) is 0 Å². The van der Waals surface area contributed by atoms with E-state index in [0.717, 1.165) is 5.56 Å². The highest BCUT2D eigenvalue weighted by molar-refractivity contribution is 6.33. The van der Waals surface area contributed by atoms with E-state index in [1.165, 1.54) is 0 Å². The molecule has 0 fully saturated rings. The highest BCUT2D eigenvalue weighted by Gasteiger charge is 2.13. The lowest BCUT2D eigenvalue weighted by Gasteiger charge is -2.19. The molecule has 2 N–H and O–H groups in total. The average molecular weight is 361 g/mol. The third-order valence-electron chi connectivity index (χ3n) is 3.62. The minimum absolute atomic E-state index is 0.130. The van der Waals surface area contributed by atoms with Gasteiger partial charge >= 0.3 is 0 Å². The summed E-state index contributed by atoms with van der Waals surface area (Å²) >= 11 is 5.95. The molecule has 2 aromatic rings. The fourth-order valence-corrected chi connectivity index (χ4v) is 2.58. The number of hydrogen-bond donors (Lipinski definition) is 2. The molecule has 2 aromatic carbocycles. The molecule has 7 heteroatoms. The second kappa shape index (κ2) is 7.90. The summed E-state index contributed by atoms with van der Waals surface area (Å²) in [5.41, 5.74) is 1.22. The monoisotopic (exact) mass is 360 g/mol. The standard InChI is InChI=1S/C18H17ClN2O4/c19-14-4-2-1-3-13(14)18(23)21-11-17(22)20-10-12-5-6-15-16(9-12)25-8-7-24-15/h1-6,9H,7-8,10-11H2,(H,20,22)(H,21,23). The molecular formula is C18H17ClN2O4. The Balaban J connectivity index is 1.48. The van der Waals surface area contributed by atoms with Crippen molar-refractivity contribution < 1.29 is 19.1 Å². The van der Waals surface area contributed by atoms with Gasteiger partial charge in [0.15, 0.2) is 11.5 Å². The van der Waals surface area contributed by atoms with Crippen molar-refractivity contribution in [2.45, 2.75) is 6.54 Å². The molecule has 0 bridgehead atoms. The second-order valence-electron chi connectivity index (χ2n) is 5.42. The van der Waals surface area contributed by atoms with E-state index in [1.54, 1.807) is 24.3 Å². The first kappa shape index (κ1) is 17.1. The van der Waals surface area contributed by atoms with Crippen molar-refractivity contribution in [2.24, 2.45) is 0 Å². The summed E-state index contributed by atoms with van der Waals surface area (Å²) in [6.45, 7) is 1.25. The van der Waals surface area contributed by atoms with Gasteiger partial charge in [-0.15, -0.1) is 0 Å². The van der Waals surface area contributed by atoms with Gasteiger partial charge in [-0.3, -0.25) is 9.59 Å². The van der Waals surface area contributed by atoms with E-state index in [0.29, 0.717) is 41.8 Å². The molecule has 1 aliphatic heterocycles. The summed E-state index contributed by atoms with van der Waals surface area (Å²) in [6, 6.07) is 12.2. The van der Waals surface area contributed by atoms with E-state index in [4.69, 9.17) is 21.1 Å². The quantitative estimate of drug-likeness (QED) is 0.856.